The number of para-hydroxylation sites is 1. The number of fused-ring (bicyclic) bond motifs is 1. The Morgan fingerprint density at radius 3 is 2.24 bits per heavy atom. The van der Waals surface area contributed by atoms with Crippen molar-refractivity contribution in [1.29, 1.82) is 0 Å². The lowest BCUT2D eigenvalue weighted by molar-refractivity contribution is -0.114. The summed E-state index contributed by atoms with van der Waals surface area (Å²) >= 11 is 0. The highest BCUT2D eigenvalue weighted by Gasteiger charge is 2.41. The molecular formula is C21H21NO6S. The number of methoxy groups -OCH3 is 1. The molecule has 0 spiro atoms. The molecule has 0 N–H and O–H groups in total. The first-order valence-electron chi connectivity index (χ1n) is 8.94. The molecule has 0 bridgehead atoms. The van der Waals surface area contributed by atoms with Gasteiger partial charge in [-0.3, -0.25) is 9.10 Å². The highest BCUT2D eigenvalue weighted by molar-refractivity contribution is 7.89. The quantitative estimate of drug-likeness (QED) is 0.697. The van der Waals surface area contributed by atoms with E-state index in [1.54, 1.807) is 44.2 Å². The van der Waals surface area contributed by atoms with Crippen molar-refractivity contribution in [1.82, 2.24) is 4.31 Å². The summed E-state index contributed by atoms with van der Waals surface area (Å²) in [5.41, 5.74) is 0.146. The third kappa shape index (κ3) is 3.51. The van der Waals surface area contributed by atoms with Crippen molar-refractivity contribution in [2.75, 3.05) is 7.11 Å². The smallest absolute Gasteiger partial charge is 0.347 e. The minimum atomic E-state index is -3.98. The molecule has 0 aromatic heterocycles. The van der Waals surface area contributed by atoms with Crippen LogP contribution in [0.1, 0.15) is 36.7 Å². The molecule has 0 unspecified atom stereocenters. The van der Waals surface area contributed by atoms with Crippen LogP contribution in [0.5, 0.6) is 5.75 Å². The van der Waals surface area contributed by atoms with Gasteiger partial charge in [-0.05, 0) is 38.1 Å². The van der Waals surface area contributed by atoms with E-state index in [2.05, 4.69) is 0 Å². The minimum Gasteiger partial charge on any atom is -0.496 e. The summed E-state index contributed by atoms with van der Waals surface area (Å²) in [6.07, 6.45) is 0. The molecule has 1 aliphatic heterocycles. The number of ketones is 1. The Morgan fingerprint density at radius 1 is 1.00 bits per heavy atom. The molecule has 8 heteroatoms. The second-order valence-electron chi connectivity index (χ2n) is 6.71. The summed E-state index contributed by atoms with van der Waals surface area (Å²) in [7, 11) is -2.56. The lowest BCUT2D eigenvalue weighted by atomic mass is 10.1. The van der Waals surface area contributed by atoms with Gasteiger partial charge in [-0.15, -0.1) is 0 Å². The molecule has 3 rings (SSSR count). The number of rotatable bonds is 5. The van der Waals surface area contributed by atoms with Gasteiger partial charge in [0.05, 0.1) is 12.0 Å². The first-order chi connectivity index (χ1) is 13.7. The fourth-order valence-corrected chi connectivity index (χ4v) is 5.16. The first kappa shape index (κ1) is 20.6. The lowest BCUT2D eigenvalue weighted by Crippen LogP contribution is -2.42. The third-order valence-corrected chi connectivity index (χ3v) is 6.46. The average Bonchev–Trinajstić information content (AvgIpc) is 2.69. The fourth-order valence-electron chi connectivity index (χ4n) is 3.25. The summed E-state index contributed by atoms with van der Waals surface area (Å²) in [6.45, 7) is 4.54. The zero-order chi connectivity index (χ0) is 21.3. The van der Waals surface area contributed by atoms with Crippen molar-refractivity contribution in [2.24, 2.45) is 0 Å². The van der Waals surface area contributed by atoms with Crippen LogP contribution < -0.4 is 4.74 Å². The topological polar surface area (TPSA) is 90.0 Å². The van der Waals surface area contributed by atoms with Crippen molar-refractivity contribution in [2.45, 2.75) is 31.7 Å². The largest absolute Gasteiger partial charge is 0.496 e. The zero-order valence-electron chi connectivity index (χ0n) is 16.5. The van der Waals surface area contributed by atoms with Gasteiger partial charge in [0, 0.05) is 18.5 Å². The maximum Gasteiger partial charge on any atom is 0.347 e. The van der Waals surface area contributed by atoms with Gasteiger partial charge in [0.25, 0.3) is 10.0 Å². The highest BCUT2D eigenvalue weighted by atomic mass is 32.2. The van der Waals surface area contributed by atoms with Gasteiger partial charge >= 0.3 is 5.97 Å². The number of hydrogen-bond acceptors (Lipinski definition) is 6. The summed E-state index contributed by atoms with van der Waals surface area (Å²) in [5.74, 6) is -1.07. The molecule has 2 aromatic carbocycles. The maximum atomic E-state index is 13.1. The number of ether oxygens (including phenoxy) is 2. The number of carbonyl (C=O) groups excluding carboxylic acids is 2. The van der Waals surface area contributed by atoms with Crippen molar-refractivity contribution in [3.8, 4) is 5.75 Å². The second-order valence-corrected chi connectivity index (χ2v) is 8.50. The molecule has 0 atom stereocenters. The molecule has 1 aliphatic rings. The van der Waals surface area contributed by atoms with E-state index in [1.807, 2.05) is 0 Å². The minimum absolute atomic E-state index is 0.0264. The molecule has 0 amide bonds. The number of carbonyl (C=O) groups is 2. The monoisotopic (exact) mass is 415 g/mol. The molecular weight excluding hydrogens is 394 g/mol. The van der Waals surface area contributed by atoms with E-state index >= 15 is 0 Å². The fraction of sp³-hybridized carbons (Fsp3) is 0.238. The van der Waals surface area contributed by atoms with Crippen LogP contribution in [0.15, 0.2) is 59.1 Å². The van der Waals surface area contributed by atoms with Crippen molar-refractivity contribution < 1.29 is 27.5 Å². The molecule has 29 heavy (non-hydrogen) atoms. The van der Waals surface area contributed by atoms with Crippen LogP contribution in [0.4, 0.5) is 0 Å². The van der Waals surface area contributed by atoms with Gasteiger partial charge in [-0.2, -0.15) is 0 Å². The average molecular weight is 415 g/mol. The summed E-state index contributed by atoms with van der Waals surface area (Å²) in [5, 5.41) is 0. The highest BCUT2D eigenvalue weighted by Crippen LogP contribution is 2.39. The van der Waals surface area contributed by atoms with E-state index in [0.717, 1.165) is 4.31 Å². The molecule has 0 aliphatic carbocycles. The number of Topliss-reactive ketones (excluding diaryl/α,β-unsaturated/α-hetero) is 1. The molecule has 0 saturated carbocycles. The van der Waals surface area contributed by atoms with Crippen LogP contribution in [0, 0.1) is 0 Å². The van der Waals surface area contributed by atoms with Crippen molar-refractivity contribution in [3.63, 3.8) is 0 Å². The van der Waals surface area contributed by atoms with Gasteiger partial charge in [-0.1, -0.05) is 24.3 Å². The molecule has 152 valence electrons. The Morgan fingerprint density at radius 2 is 1.62 bits per heavy atom. The van der Waals surface area contributed by atoms with Gasteiger partial charge in [0.15, 0.2) is 11.5 Å². The van der Waals surface area contributed by atoms with Crippen LogP contribution in [-0.2, 0) is 19.6 Å². The molecule has 0 radical (unpaired) electrons. The lowest BCUT2D eigenvalue weighted by Gasteiger charge is -2.35. The summed E-state index contributed by atoms with van der Waals surface area (Å²) in [4.78, 5) is 25.3. The van der Waals surface area contributed by atoms with Crippen molar-refractivity contribution in [3.05, 3.63) is 65.4 Å². The van der Waals surface area contributed by atoms with Crippen LogP contribution >= 0.6 is 0 Å². The van der Waals surface area contributed by atoms with E-state index in [-0.39, 0.29) is 27.5 Å². The Bertz CT molecular complexity index is 1120. The molecule has 7 nitrogen and oxygen atoms in total. The van der Waals surface area contributed by atoms with E-state index in [9.17, 15) is 18.0 Å². The predicted octanol–water partition coefficient (Wildman–Crippen LogP) is 3.22. The summed E-state index contributed by atoms with van der Waals surface area (Å²) in [6, 6.07) is 12.1. The molecule has 0 fully saturated rings. The van der Waals surface area contributed by atoms with Crippen LogP contribution in [-0.4, -0.2) is 37.6 Å². The van der Waals surface area contributed by atoms with Crippen LogP contribution in [0.3, 0.4) is 0 Å². The van der Waals surface area contributed by atoms with E-state index in [1.165, 1.54) is 32.2 Å². The van der Waals surface area contributed by atoms with Crippen molar-refractivity contribution >= 4 is 27.5 Å². The Hall–Kier alpha value is -3.13. The van der Waals surface area contributed by atoms with E-state index in [4.69, 9.17) is 9.47 Å². The molecule has 0 saturated heterocycles. The number of hydrogen-bond donors (Lipinski definition) is 0. The standard InChI is InChI=1S/C21H21NO6S/c1-13(2)22-19(14(3)23)20(16-10-6-8-12-18(16)29(22,25)26)28-21(24)15-9-5-7-11-17(15)27-4/h5-13H,1-4H3. The number of allylic oxidation sites excluding steroid dienone is 1. The number of sulfonamides is 1. The van der Waals surface area contributed by atoms with Crippen LogP contribution in [0.2, 0.25) is 0 Å². The Kier molecular flexibility index (Phi) is 5.48. The van der Waals surface area contributed by atoms with Crippen LogP contribution in [0.25, 0.3) is 5.76 Å². The third-order valence-electron chi connectivity index (χ3n) is 4.43. The normalized spacial score (nSPS) is 15.1. The second kappa shape index (κ2) is 7.71. The first-order valence-corrected chi connectivity index (χ1v) is 10.4. The Balaban J connectivity index is 2.24. The van der Waals surface area contributed by atoms with Gasteiger partial charge in [0.1, 0.15) is 17.0 Å². The molecule has 1 heterocycles. The SMILES string of the molecule is COc1ccccc1C(=O)OC1=C(C(C)=O)N(C(C)C)S(=O)(=O)c2ccccc21. The van der Waals surface area contributed by atoms with Gasteiger partial charge in [-0.25, -0.2) is 13.2 Å². The maximum absolute atomic E-state index is 13.1. The van der Waals surface area contributed by atoms with Gasteiger partial charge in [0.2, 0.25) is 0 Å². The molecule has 2 aromatic rings. The number of esters is 1. The van der Waals surface area contributed by atoms with E-state index in [0.29, 0.717) is 5.75 Å². The summed E-state index contributed by atoms with van der Waals surface area (Å²) < 4.78 is 38.1. The predicted molar refractivity (Wildman–Crippen MR) is 107 cm³/mol. The number of nitrogens with zero attached hydrogens (tertiary/aromatic N) is 1. The van der Waals surface area contributed by atoms with E-state index < -0.39 is 27.8 Å². The van der Waals surface area contributed by atoms with Gasteiger partial charge < -0.3 is 9.47 Å². The zero-order valence-corrected chi connectivity index (χ0v) is 17.3. The number of benzene rings is 2. The Labute approximate surface area is 169 Å².